The van der Waals surface area contributed by atoms with Gasteiger partial charge in [-0.25, -0.2) is 9.78 Å². The Labute approximate surface area is 166 Å². The van der Waals surface area contributed by atoms with Crippen LogP contribution in [0.4, 0.5) is 0 Å². The van der Waals surface area contributed by atoms with Crippen LogP contribution in [0.3, 0.4) is 0 Å². The van der Waals surface area contributed by atoms with Gasteiger partial charge in [-0.3, -0.25) is 0 Å². The zero-order chi connectivity index (χ0) is 20.1. The third-order valence-corrected chi connectivity index (χ3v) is 4.14. The smallest absolute Gasteiger partial charge is 0.347 e. The number of oxime groups is 1. The molecule has 0 bridgehead atoms. The van der Waals surface area contributed by atoms with E-state index in [1.165, 1.54) is 0 Å². The summed E-state index contributed by atoms with van der Waals surface area (Å²) < 4.78 is 21.3. The van der Waals surface area contributed by atoms with E-state index in [1.54, 1.807) is 25.3 Å². The maximum atomic E-state index is 11.8. The minimum Gasteiger partial charge on any atom is -0.454 e. The molecule has 8 nitrogen and oxygen atoms in total. The molecule has 0 atom stereocenters. The Morgan fingerprint density at radius 3 is 2.83 bits per heavy atom. The normalized spacial score (nSPS) is 12.7. The van der Waals surface area contributed by atoms with Crippen LogP contribution in [0, 0.1) is 0 Å². The zero-order valence-electron chi connectivity index (χ0n) is 15.7. The second kappa shape index (κ2) is 8.47. The Morgan fingerprint density at radius 2 is 1.97 bits per heavy atom. The van der Waals surface area contributed by atoms with E-state index in [4.69, 9.17) is 23.5 Å². The Morgan fingerprint density at radius 1 is 1.14 bits per heavy atom. The molecule has 2 heterocycles. The van der Waals surface area contributed by atoms with Gasteiger partial charge >= 0.3 is 5.97 Å². The lowest BCUT2D eigenvalue weighted by molar-refractivity contribution is -0.150. The van der Waals surface area contributed by atoms with Crippen LogP contribution in [0.1, 0.15) is 18.4 Å². The van der Waals surface area contributed by atoms with Gasteiger partial charge in [0.05, 0.1) is 11.9 Å². The highest BCUT2D eigenvalue weighted by atomic mass is 16.7. The highest BCUT2D eigenvalue weighted by Gasteiger charge is 2.14. The summed E-state index contributed by atoms with van der Waals surface area (Å²) in [7, 11) is 0. The Hall–Kier alpha value is -3.81. The number of oxazole rings is 1. The molecule has 148 valence electrons. The summed E-state index contributed by atoms with van der Waals surface area (Å²) in [5.41, 5.74) is 2.29. The molecule has 0 spiro atoms. The van der Waals surface area contributed by atoms with E-state index in [0.29, 0.717) is 28.9 Å². The Kier molecular flexibility index (Phi) is 5.42. The molecule has 0 unspecified atom stereocenters. The Bertz CT molecular complexity index is 1030. The first-order valence-corrected chi connectivity index (χ1v) is 8.91. The fraction of sp³-hybridized carbons (Fsp3) is 0.190. The van der Waals surface area contributed by atoms with Gasteiger partial charge < -0.3 is 23.5 Å². The topological polar surface area (TPSA) is 92.4 Å². The third-order valence-electron chi connectivity index (χ3n) is 4.14. The van der Waals surface area contributed by atoms with Gasteiger partial charge in [0.2, 0.25) is 19.3 Å². The van der Waals surface area contributed by atoms with E-state index < -0.39 is 5.97 Å². The van der Waals surface area contributed by atoms with Crippen LogP contribution in [-0.4, -0.2) is 30.1 Å². The first-order chi connectivity index (χ1) is 14.2. The predicted octanol–water partition coefficient (Wildman–Crippen LogP) is 3.55. The van der Waals surface area contributed by atoms with Crippen molar-refractivity contribution < 1.29 is 28.3 Å². The summed E-state index contributed by atoms with van der Waals surface area (Å²) in [5, 5.41) is 3.94. The maximum Gasteiger partial charge on any atom is 0.347 e. The average molecular weight is 394 g/mol. The van der Waals surface area contributed by atoms with Crippen molar-refractivity contribution in [3.05, 3.63) is 66.2 Å². The monoisotopic (exact) mass is 394 g/mol. The first kappa shape index (κ1) is 18.5. The summed E-state index contributed by atoms with van der Waals surface area (Å²) in [4.78, 5) is 21.0. The van der Waals surface area contributed by atoms with Gasteiger partial charge in [0, 0.05) is 11.1 Å². The van der Waals surface area contributed by atoms with Crippen LogP contribution in [0.2, 0.25) is 0 Å². The molecule has 1 aliphatic heterocycles. The van der Waals surface area contributed by atoms with E-state index in [2.05, 4.69) is 10.1 Å². The lowest BCUT2D eigenvalue weighted by atomic mass is 10.1. The number of aromatic nitrogens is 1. The molecule has 8 heteroatoms. The van der Waals surface area contributed by atoms with Gasteiger partial charge in [-0.05, 0) is 25.1 Å². The van der Waals surface area contributed by atoms with E-state index in [0.717, 1.165) is 11.1 Å². The number of nitrogens with zero attached hydrogens (tertiary/aromatic N) is 2. The van der Waals surface area contributed by atoms with Gasteiger partial charge in [0.1, 0.15) is 0 Å². The number of fused-ring (bicyclic) bond motifs is 1. The summed E-state index contributed by atoms with van der Waals surface area (Å²) >= 11 is 0. The van der Waals surface area contributed by atoms with Crippen molar-refractivity contribution >= 4 is 11.7 Å². The highest BCUT2D eigenvalue weighted by molar-refractivity contribution is 5.99. The molecule has 3 aromatic rings. The van der Waals surface area contributed by atoms with Crippen LogP contribution in [0.5, 0.6) is 11.5 Å². The number of rotatable bonds is 7. The fourth-order valence-electron chi connectivity index (χ4n) is 2.65. The quantitative estimate of drug-likeness (QED) is 0.344. The number of carbonyl (C=O) groups is 1. The van der Waals surface area contributed by atoms with Crippen molar-refractivity contribution in [3.63, 3.8) is 0 Å². The second-order valence-corrected chi connectivity index (χ2v) is 6.16. The lowest BCUT2D eigenvalue weighted by Gasteiger charge is -2.04. The largest absolute Gasteiger partial charge is 0.454 e. The van der Waals surface area contributed by atoms with Crippen LogP contribution in [-0.2, 0) is 21.0 Å². The van der Waals surface area contributed by atoms with Crippen molar-refractivity contribution in [2.24, 2.45) is 5.16 Å². The highest BCUT2D eigenvalue weighted by Crippen LogP contribution is 2.32. The molecule has 1 aliphatic rings. The van der Waals surface area contributed by atoms with Crippen LogP contribution < -0.4 is 9.47 Å². The standard InChI is InChI=1S/C21H18N2O6/c1-14(16-7-8-17-18(9-16)27-13-26-17)23-28-12-21(24)25-11-20-22-10-19(29-20)15-5-3-2-4-6-15/h2-10H,11-13H2,1H3/b23-14+. The first-order valence-electron chi connectivity index (χ1n) is 8.91. The van der Waals surface area contributed by atoms with E-state index in [-0.39, 0.29) is 20.0 Å². The van der Waals surface area contributed by atoms with Gasteiger partial charge in [-0.2, -0.15) is 0 Å². The van der Waals surface area contributed by atoms with Gasteiger partial charge in [0.15, 0.2) is 23.9 Å². The summed E-state index contributed by atoms with van der Waals surface area (Å²) in [5.74, 6) is 1.67. The minimum absolute atomic E-state index is 0.0834. The van der Waals surface area contributed by atoms with E-state index in [1.807, 2.05) is 36.4 Å². The SMILES string of the molecule is C/C(=N\OCC(=O)OCc1ncc(-c2ccccc2)o1)c1ccc2c(c1)OCO2. The molecule has 2 aromatic carbocycles. The molecule has 1 aromatic heterocycles. The van der Waals surface area contributed by atoms with Gasteiger partial charge in [-0.15, -0.1) is 0 Å². The van der Waals surface area contributed by atoms with E-state index in [9.17, 15) is 4.79 Å². The fourth-order valence-corrected chi connectivity index (χ4v) is 2.65. The molecule has 0 radical (unpaired) electrons. The molecule has 0 saturated heterocycles. The van der Waals surface area contributed by atoms with Gasteiger partial charge in [0.25, 0.3) is 0 Å². The molecule has 0 saturated carbocycles. The third kappa shape index (κ3) is 4.55. The van der Waals surface area contributed by atoms with Crippen molar-refractivity contribution in [1.82, 2.24) is 4.98 Å². The summed E-state index contributed by atoms with van der Waals surface area (Å²) in [6.07, 6.45) is 1.59. The zero-order valence-corrected chi connectivity index (χ0v) is 15.7. The molecular formula is C21H18N2O6. The molecule has 0 fully saturated rings. The van der Waals surface area contributed by atoms with Crippen LogP contribution >= 0.6 is 0 Å². The number of esters is 1. The van der Waals surface area contributed by atoms with Crippen LogP contribution in [0.15, 0.2) is 64.3 Å². The average Bonchev–Trinajstić information content (AvgIpc) is 3.41. The number of ether oxygens (including phenoxy) is 3. The van der Waals surface area contributed by atoms with E-state index >= 15 is 0 Å². The van der Waals surface area contributed by atoms with Crippen molar-refractivity contribution in [3.8, 4) is 22.8 Å². The molecule has 0 N–H and O–H groups in total. The number of hydrogen-bond acceptors (Lipinski definition) is 8. The lowest BCUT2D eigenvalue weighted by Crippen LogP contribution is -2.11. The molecular weight excluding hydrogens is 376 g/mol. The molecule has 0 amide bonds. The van der Waals surface area contributed by atoms with Crippen molar-refractivity contribution in [2.45, 2.75) is 13.5 Å². The van der Waals surface area contributed by atoms with Gasteiger partial charge in [-0.1, -0.05) is 35.5 Å². The maximum absolute atomic E-state index is 11.8. The summed E-state index contributed by atoms with van der Waals surface area (Å²) in [6, 6.07) is 15.0. The van der Waals surface area contributed by atoms with Crippen LogP contribution in [0.25, 0.3) is 11.3 Å². The number of benzene rings is 2. The Balaban J connectivity index is 1.25. The number of carbonyl (C=O) groups excluding carboxylic acids is 1. The summed E-state index contributed by atoms with van der Waals surface area (Å²) in [6.45, 7) is 1.56. The molecule has 4 rings (SSSR count). The predicted molar refractivity (Wildman–Crippen MR) is 102 cm³/mol. The van der Waals surface area contributed by atoms with Crippen molar-refractivity contribution in [2.75, 3.05) is 13.4 Å². The molecule has 29 heavy (non-hydrogen) atoms. The molecule has 0 aliphatic carbocycles. The van der Waals surface area contributed by atoms with Crippen molar-refractivity contribution in [1.29, 1.82) is 0 Å². The minimum atomic E-state index is -0.577. The number of hydrogen-bond donors (Lipinski definition) is 0. The second-order valence-electron chi connectivity index (χ2n) is 6.16.